The van der Waals surface area contributed by atoms with Gasteiger partial charge in [0.05, 0.1) is 0 Å². The monoisotopic (exact) mass is 223 g/mol. The number of hydrogen-bond acceptors (Lipinski definition) is 5. The van der Waals surface area contributed by atoms with Crippen molar-refractivity contribution >= 4 is 10.1 Å². The Morgan fingerprint density at radius 3 is 3.00 bits per heavy atom. The summed E-state index contributed by atoms with van der Waals surface area (Å²) in [5.41, 5.74) is 1.07. The molecule has 0 saturated carbocycles. The van der Waals surface area contributed by atoms with Gasteiger partial charge in [-0.15, -0.1) is 0 Å². The molecule has 2 aromatic rings. The molecule has 0 radical (unpaired) electrons. The van der Waals surface area contributed by atoms with Crippen LogP contribution in [0.1, 0.15) is 0 Å². The molecule has 76 valence electrons. The second-order valence-electron chi connectivity index (χ2n) is 3.09. The predicted molar refractivity (Wildman–Crippen MR) is 49.8 cm³/mol. The largest absolute Gasteiger partial charge is 0.373 e. The van der Waals surface area contributed by atoms with Crippen molar-refractivity contribution in [3.8, 4) is 17.0 Å². The fourth-order valence-electron chi connectivity index (χ4n) is 1.45. The molecule has 0 fully saturated rings. The Kier molecular flexibility index (Phi) is 1.47. The lowest BCUT2D eigenvalue weighted by Crippen LogP contribution is -2.07. The van der Waals surface area contributed by atoms with E-state index in [4.69, 9.17) is 4.18 Å². The molecule has 0 N–H and O–H groups in total. The van der Waals surface area contributed by atoms with Gasteiger partial charge in [0, 0.05) is 5.56 Å². The van der Waals surface area contributed by atoms with E-state index in [0.717, 1.165) is 0 Å². The molecule has 3 rings (SSSR count). The average molecular weight is 223 g/mol. The van der Waals surface area contributed by atoms with Crippen LogP contribution in [0.15, 0.2) is 39.9 Å². The van der Waals surface area contributed by atoms with Crippen LogP contribution in [-0.2, 0) is 10.1 Å². The van der Waals surface area contributed by atoms with Crippen molar-refractivity contribution in [2.24, 2.45) is 0 Å². The quantitative estimate of drug-likeness (QED) is 0.632. The van der Waals surface area contributed by atoms with E-state index >= 15 is 0 Å². The lowest BCUT2D eigenvalue weighted by atomic mass is 10.1. The average Bonchev–Trinajstić information content (AvgIpc) is 2.63. The van der Waals surface area contributed by atoms with E-state index in [1.807, 2.05) is 0 Å². The van der Waals surface area contributed by atoms with Crippen LogP contribution < -0.4 is 4.18 Å². The Balaban J connectivity index is 2.42. The Morgan fingerprint density at radius 2 is 2.13 bits per heavy atom. The first-order chi connectivity index (χ1) is 7.17. The maximum atomic E-state index is 11.6. The summed E-state index contributed by atoms with van der Waals surface area (Å²) in [6.45, 7) is 0. The van der Waals surface area contributed by atoms with E-state index in [1.54, 1.807) is 12.1 Å². The Morgan fingerprint density at radius 1 is 1.27 bits per heavy atom. The van der Waals surface area contributed by atoms with Crippen LogP contribution in [0, 0.1) is 0 Å². The summed E-state index contributed by atoms with van der Waals surface area (Å²) in [6, 6.07) is 6.36. The highest BCUT2D eigenvalue weighted by Crippen LogP contribution is 2.35. The van der Waals surface area contributed by atoms with Gasteiger partial charge in [0.1, 0.15) is 4.90 Å². The second-order valence-corrected chi connectivity index (χ2v) is 4.64. The molecule has 0 spiro atoms. The Labute approximate surface area is 85.4 Å². The number of aromatic nitrogens is 1. The van der Waals surface area contributed by atoms with E-state index in [0.29, 0.717) is 11.3 Å². The third-order valence-corrected chi connectivity index (χ3v) is 3.36. The highest BCUT2D eigenvalue weighted by Gasteiger charge is 2.26. The van der Waals surface area contributed by atoms with Gasteiger partial charge in [-0.3, -0.25) is 0 Å². The summed E-state index contributed by atoms with van der Waals surface area (Å²) in [4.78, 5) is 0.123. The Hall–Kier alpha value is -1.82. The van der Waals surface area contributed by atoms with Gasteiger partial charge in [0.25, 0.3) is 0 Å². The highest BCUT2D eigenvalue weighted by molar-refractivity contribution is 7.87. The topological polar surface area (TPSA) is 69.4 Å². The molecule has 6 heteroatoms. The minimum absolute atomic E-state index is 0.121. The lowest BCUT2D eigenvalue weighted by molar-refractivity contribution is 0.415. The first kappa shape index (κ1) is 8.49. The molecule has 0 aliphatic carbocycles. The summed E-state index contributed by atoms with van der Waals surface area (Å²) >= 11 is 0. The Bertz CT molecular complexity index is 629. The third kappa shape index (κ3) is 1.15. The smallest absolute Gasteiger partial charge is 0.339 e. The molecule has 2 bridgehead atoms. The predicted octanol–water partition coefficient (Wildman–Crippen LogP) is 1.42. The van der Waals surface area contributed by atoms with Crippen LogP contribution in [0.3, 0.4) is 0 Å². The van der Waals surface area contributed by atoms with Crippen molar-refractivity contribution in [2.45, 2.75) is 4.90 Å². The molecule has 15 heavy (non-hydrogen) atoms. The summed E-state index contributed by atoms with van der Waals surface area (Å²) in [6.07, 6.45) is 1.17. The second kappa shape index (κ2) is 2.60. The molecule has 0 unspecified atom stereocenters. The van der Waals surface area contributed by atoms with Crippen molar-refractivity contribution in [3.05, 3.63) is 30.5 Å². The molecule has 0 saturated heterocycles. The zero-order chi connectivity index (χ0) is 10.5. The summed E-state index contributed by atoms with van der Waals surface area (Å²) in [5, 5.41) is 3.69. The van der Waals surface area contributed by atoms with E-state index < -0.39 is 10.1 Å². The van der Waals surface area contributed by atoms with Crippen LogP contribution in [0.2, 0.25) is 0 Å². The minimum atomic E-state index is -3.74. The fourth-order valence-corrected chi connectivity index (χ4v) is 2.41. The number of rotatable bonds is 0. The minimum Gasteiger partial charge on any atom is -0.373 e. The SMILES string of the molecule is O=S1(=O)Oc2conc2-c2cccc1c2. The molecule has 5 nitrogen and oxygen atoms in total. The van der Waals surface area contributed by atoms with Gasteiger partial charge in [0.2, 0.25) is 5.75 Å². The van der Waals surface area contributed by atoms with E-state index in [9.17, 15) is 8.42 Å². The first-order valence-corrected chi connectivity index (χ1v) is 5.57. The maximum absolute atomic E-state index is 11.6. The molecule has 1 aliphatic rings. The highest BCUT2D eigenvalue weighted by atomic mass is 32.2. The third-order valence-electron chi connectivity index (χ3n) is 2.13. The first-order valence-electron chi connectivity index (χ1n) is 4.16. The van der Waals surface area contributed by atoms with Gasteiger partial charge < -0.3 is 8.71 Å². The number of hydrogen-bond donors (Lipinski definition) is 0. The van der Waals surface area contributed by atoms with Gasteiger partial charge >= 0.3 is 10.1 Å². The zero-order valence-corrected chi connectivity index (χ0v) is 8.19. The lowest BCUT2D eigenvalue weighted by Gasteiger charge is -2.00. The van der Waals surface area contributed by atoms with Crippen molar-refractivity contribution in [3.63, 3.8) is 0 Å². The van der Waals surface area contributed by atoms with E-state index in [2.05, 4.69) is 9.68 Å². The van der Waals surface area contributed by atoms with Gasteiger partial charge in [0.15, 0.2) is 12.0 Å². The van der Waals surface area contributed by atoms with Crippen LogP contribution in [-0.4, -0.2) is 13.6 Å². The van der Waals surface area contributed by atoms with E-state index in [-0.39, 0.29) is 10.6 Å². The number of nitrogens with zero attached hydrogens (tertiary/aromatic N) is 1. The standard InChI is InChI=1S/C9H5NO4S/c11-15(12)7-3-1-2-6(4-7)9-8(14-15)5-13-10-9/h1-5H. The van der Waals surface area contributed by atoms with Gasteiger partial charge in [-0.1, -0.05) is 17.3 Å². The molecule has 2 heterocycles. The van der Waals surface area contributed by atoms with Crippen molar-refractivity contribution in [1.29, 1.82) is 0 Å². The molecule has 1 aliphatic heterocycles. The van der Waals surface area contributed by atoms with Crippen LogP contribution in [0.25, 0.3) is 11.3 Å². The van der Waals surface area contributed by atoms with Crippen molar-refractivity contribution in [2.75, 3.05) is 0 Å². The molecular weight excluding hydrogens is 218 g/mol. The van der Waals surface area contributed by atoms with Crippen molar-refractivity contribution < 1.29 is 17.1 Å². The van der Waals surface area contributed by atoms with Gasteiger partial charge in [-0.2, -0.15) is 8.42 Å². The maximum Gasteiger partial charge on any atom is 0.339 e. The molecular formula is C9H5NO4S. The fraction of sp³-hybridized carbons (Fsp3) is 0. The van der Waals surface area contributed by atoms with Gasteiger partial charge in [-0.05, 0) is 12.1 Å². The van der Waals surface area contributed by atoms with Gasteiger partial charge in [-0.25, -0.2) is 0 Å². The zero-order valence-electron chi connectivity index (χ0n) is 7.38. The number of fused-ring (bicyclic) bond motifs is 4. The van der Waals surface area contributed by atoms with Crippen LogP contribution in [0.4, 0.5) is 0 Å². The molecule has 0 amide bonds. The molecule has 1 aromatic heterocycles. The molecule has 1 aromatic carbocycles. The van der Waals surface area contributed by atoms with Crippen LogP contribution >= 0.6 is 0 Å². The summed E-state index contributed by atoms with van der Waals surface area (Å²) in [5.74, 6) is 0.121. The van der Waals surface area contributed by atoms with Crippen LogP contribution in [0.5, 0.6) is 5.75 Å². The molecule has 0 atom stereocenters. The van der Waals surface area contributed by atoms with E-state index in [1.165, 1.54) is 18.4 Å². The normalized spacial score (nSPS) is 16.3. The summed E-state index contributed by atoms with van der Waals surface area (Å²) in [7, 11) is -3.74. The van der Waals surface area contributed by atoms with Crippen molar-refractivity contribution in [1.82, 2.24) is 5.16 Å². The number of benzene rings is 1. The summed E-state index contributed by atoms with van der Waals surface area (Å²) < 4.78 is 32.8.